The van der Waals surface area contributed by atoms with Crippen LogP contribution in [0.5, 0.6) is 5.75 Å². The first kappa shape index (κ1) is 17.0. The largest absolute Gasteiger partial charge is 0.487 e. The van der Waals surface area contributed by atoms with Gasteiger partial charge >= 0.3 is 0 Å². The van der Waals surface area contributed by atoms with Gasteiger partial charge < -0.3 is 14.8 Å². The highest BCUT2D eigenvalue weighted by Gasteiger charge is 2.33. The van der Waals surface area contributed by atoms with E-state index in [2.05, 4.69) is 27.3 Å². The highest BCUT2D eigenvalue weighted by molar-refractivity contribution is 5.79. The average molecular weight is 353 g/mol. The van der Waals surface area contributed by atoms with Crippen LogP contribution in [-0.2, 0) is 22.7 Å². The summed E-state index contributed by atoms with van der Waals surface area (Å²) in [5.74, 6) is 0.856. The molecule has 1 N–H and O–H groups in total. The maximum Gasteiger partial charge on any atom is 0.227 e. The summed E-state index contributed by atoms with van der Waals surface area (Å²) >= 11 is 0. The zero-order valence-corrected chi connectivity index (χ0v) is 14.6. The maximum atomic E-state index is 12.1. The lowest BCUT2D eigenvalue weighted by atomic mass is 10.1. The number of carbonyl (C=O) groups excluding carboxylic acids is 1. The molecular formula is C20H23N3O3. The first-order valence-electron chi connectivity index (χ1n) is 8.98. The molecule has 0 unspecified atom stereocenters. The predicted molar refractivity (Wildman–Crippen MR) is 96.5 cm³/mol. The van der Waals surface area contributed by atoms with E-state index in [9.17, 15) is 4.79 Å². The number of aromatic nitrogens is 1. The summed E-state index contributed by atoms with van der Waals surface area (Å²) < 4.78 is 11.5. The SMILES string of the molecule is O=C1N[C@@H]2COC[C@H]1CN(Cc1cccc(OCc3ccccn3)c1)C2. The Hall–Kier alpha value is -2.44. The van der Waals surface area contributed by atoms with E-state index in [1.807, 2.05) is 30.3 Å². The van der Waals surface area contributed by atoms with Gasteiger partial charge in [0.15, 0.2) is 0 Å². The lowest BCUT2D eigenvalue weighted by Crippen LogP contribution is -2.41. The second kappa shape index (κ2) is 7.85. The lowest BCUT2D eigenvalue weighted by Gasteiger charge is -2.27. The van der Waals surface area contributed by atoms with Crippen molar-refractivity contribution in [2.45, 2.75) is 19.2 Å². The second-order valence-corrected chi connectivity index (χ2v) is 6.89. The summed E-state index contributed by atoms with van der Waals surface area (Å²) in [6, 6.07) is 14.0. The Morgan fingerprint density at radius 3 is 3.04 bits per heavy atom. The molecule has 2 aliphatic rings. The first-order chi connectivity index (χ1) is 12.8. The predicted octanol–water partition coefficient (Wildman–Crippen LogP) is 1.61. The Labute approximate surface area is 153 Å². The Morgan fingerprint density at radius 2 is 2.15 bits per heavy atom. The van der Waals surface area contributed by atoms with Gasteiger partial charge in [0.25, 0.3) is 0 Å². The van der Waals surface area contributed by atoms with Crippen LogP contribution < -0.4 is 10.1 Å². The molecule has 0 saturated carbocycles. The number of nitrogens with zero attached hydrogens (tertiary/aromatic N) is 2. The van der Waals surface area contributed by atoms with Crippen LogP contribution in [0.2, 0.25) is 0 Å². The van der Waals surface area contributed by atoms with Crippen LogP contribution in [0, 0.1) is 5.92 Å². The van der Waals surface area contributed by atoms with E-state index in [0.717, 1.165) is 31.1 Å². The van der Waals surface area contributed by atoms with Crippen molar-refractivity contribution < 1.29 is 14.3 Å². The number of carbonyl (C=O) groups is 1. The summed E-state index contributed by atoms with van der Waals surface area (Å²) in [4.78, 5) is 18.7. The highest BCUT2D eigenvalue weighted by atomic mass is 16.5. The molecule has 4 rings (SSSR count). The van der Waals surface area contributed by atoms with E-state index < -0.39 is 0 Å². The van der Waals surface area contributed by atoms with E-state index in [1.165, 1.54) is 5.56 Å². The number of fused-ring (bicyclic) bond motifs is 3. The number of hydrogen-bond acceptors (Lipinski definition) is 5. The second-order valence-electron chi connectivity index (χ2n) is 6.89. The minimum absolute atomic E-state index is 0.0681. The van der Waals surface area contributed by atoms with Gasteiger partial charge in [-0.05, 0) is 29.8 Å². The zero-order chi connectivity index (χ0) is 17.8. The topological polar surface area (TPSA) is 63.7 Å². The first-order valence-corrected chi connectivity index (χ1v) is 8.98. The Bertz CT molecular complexity index is 753. The van der Waals surface area contributed by atoms with E-state index in [4.69, 9.17) is 9.47 Å². The molecule has 0 aliphatic carbocycles. The van der Waals surface area contributed by atoms with Gasteiger partial charge in [0, 0.05) is 25.8 Å². The molecule has 1 amide bonds. The molecular weight excluding hydrogens is 330 g/mol. The standard InChI is InChI=1S/C20H23N3O3/c24-20-16-10-23(11-18(22-20)13-25-12-16)9-15-4-3-6-19(8-15)26-14-17-5-1-2-7-21-17/h1-8,16,18H,9-14H2,(H,22,24)/t16-,18+/m1/s1. The summed E-state index contributed by atoms with van der Waals surface area (Å²) in [6.07, 6.45) is 1.77. The monoisotopic (exact) mass is 353 g/mol. The number of rotatable bonds is 5. The van der Waals surface area contributed by atoms with Crippen molar-refractivity contribution in [3.05, 3.63) is 59.9 Å². The van der Waals surface area contributed by atoms with Crippen LogP contribution in [0.25, 0.3) is 0 Å². The number of pyridine rings is 1. The number of nitrogens with one attached hydrogen (secondary N) is 1. The normalized spacial score (nSPS) is 23.2. The minimum atomic E-state index is -0.0916. The van der Waals surface area contributed by atoms with Gasteiger partial charge in [-0.1, -0.05) is 18.2 Å². The summed E-state index contributed by atoms with van der Waals surface area (Å²) in [7, 11) is 0. The van der Waals surface area contributed by atoms with Gasteiger partial charge in [-0.3, -0.25) is 14.7 Å². The third-order valence-electron chi connectivity index (χ3n) is 4.73. The summed E-state index contributed by atoms with van der Waals surface area (Å²) in [5, 5.41) is 3.07. The van der Waals surface area contributed by atoms with Crippen molar-refractivity contribution >= 4 is 5.91 Å². The van der Waals surface area contributed by atoms with Crippen molar-refractivity contribution in [1.29, 1.82) is 0 Å². The third kappa shape index (κ3) is 4.20. The zero-order valence-electron chi connectivity index (χ0n) is 14.6. The van der Waals surface area contributed by atoms with Gasteiger partial charge in [-0.2, -0.15) is 0 Å². The van der Waals surface area contributed by atoms with Gasteiger partial charge in [0.1, 0.15) is 12.4 Å². The summed E-state index contributed by atoms with van der Waals surface area (Å²) in [5.41, 5.74) is 2.08. The number of ether oxygens (including phenoxy) is 2. The molecule has 1 aromatic carbocycles. The van der Waals surface area contributed by atoms with Gasteiger partial charge in [0.2, 0.25) is 5.91 Å². The van der Waals surface area contributed by atoms with E-state index in [0.29, 0.717) is 19.8 Å². The van der Waals surface area contributed by atoms with Gasteiger partial charge in [-0.15, -0.1) is 0 Å². The molecule has 2 saturated heterocycles. The van der Waals surface area contributed by atoms with Crippen LogP contribution in [-0.4, -0.2) is 48.1 Å². The fourth-order valence-electron chi connectivity index (χ4n) is 3.48. The smallest absolute Gasteiger partial charge is 0.227 e. The van der Waals surface area contributed by atoms with E-state index in [-0.39, 0.29) is 17.9 Å². The van der Waals surface area contributed by atoms with Crippen LogP contribution >= 0.6 is 0 Å². The fourth-order valence-corrected chi connectivity index (χ4v) is 3.48. The molecule has 0 spiro atoms. The van der Waals surface area contributed by atoms with Crippen LogP contribution in [0.15, 0.2) is 48.7 Å². The molecule has 3 heterocycles. The van der Waals surface area contributed by atoms with Crippen molar-refractivity contribution in [3.8, 4) is 5.75 Å². The molecule has 6 nitrogen and oxygen atoms in total. The molecule has 2 fully saturated rings. The average Bonchev–Trinajstić information content (AvgIpc) is 2.90. The van der Waals surface area contributed by atoms with Crippen LogP contribution in [0.3, 0.4) is 0 Å². The number of hydrogen-bond donors (Lipinski definition) is 1. The van der Waals surface area contributed by atoms with Gasteiger partial charge in [0.05, 0.1) is 30.9 Å². The van der Waals surface area contributed by atoms with Crippen LogP contribution in [0.1, 0.15) is 11.3 Å². The van der Waals surface area contributed by atoms with E-state index >= 15 is 0 Å². The molecule has 26 heavy (non-hydrogen) atoms. The molecule has 2 aliphatic heterocycles. The fraction of sp³-hybridized carbons (Fsp3) is 0.400. The lowest BCUT2D eigenvalue weighted by molar-refractivity contribution is -0.125. The minimum Gasteiger partial charge on any atom is -0.487 e. The van der Waals surface area contributed by atoms with Gasteiger partial charge in [-0.25, -0.2) is 0 Å². The maximum absolute atomic E-state index is 12.1. The number of benzene rings is 1. The Kier molecular flexibility index (Phi) is 5.13. The molecule has 2 aromatic rings. The summed E-state index contributed by atoms with van der Waals surface area (Å²) in [6.45, 7) is 3.87. The van der Waals surface area contributed by atoms with Crippen molar-refractivity contribution in [3.63, 3.8) is 0 Å². The Morgan fingerprint density at radius 1 is 1.19 bits per heavy atom. The van der Waals surface area contributed by atoms with Crippen molar-refractivity contribution in [2.75, 3.05) is 26.3 Å². The molecule has 1 aromatic heterocycles. The third-order valence-corrected chi connectivity index (χ3v) is 4.73. The van der Waals surface area contributed by atoms with Crippen LogP contribution in [0.4, 0.5) is 0 Å². The molecule has 6 heteroatoms. The Balaban J connectivity index is 1.40. The number of amides is 1. The highest BCUT2D eigenvalue weighted by Crippen LogP contribution is 2.19. The molecule has 136 valence electrons. The quantitative estimate of drug-likeness (QED) is 0.885. The molecule has 2 bridgehead atoms. The molecule has 0 radical (unpaired) electrons. The molecule has 2 atom stereocenters. The van der Waals surface area contributed by atoms with Crippen molar-refractivity contribution in [2.24, 2.45) is 5.92 Å². The van der Waals surface area contributed by atoms with Crippen molar-refractivity contribution in [1.82, 2.24) is 15.2 Å². The van der Waals surface area contributed by atoms with E-state index in [1.54, 1.807) is 6.20 Å².